The van der Waals surface area contributed by atoms with Crippen molar-refractivity contribution in [2.45, 2.75) is 76.3 Å². The highest BCUT2D eigenvalue weighted by Gasteiger charge is 2.39. The molecule has 6 rings (SSSR count). The summed E-state index contributed by atoms with van der Waals surface area (Å²) in [6, 6.07) is 28.2. The molecule has 0 aromatic heterocycles. The summed E-state index contributed by atoms with van der Waals surface area (Å²) in [6.45, 7) is 2.51. The van der Waals surface area contributed by atoms with Crippen LogP contribution >= 0.6 is 0 Å². The molecule has 3 amide bonds. The van der Waals surface area contributed by atoms with Crippen molar-refractivity contribution in [2.75, 3.05) is 12.4 Å². The maximum atomic E-state index is 14.6. The van der Waals surface area contributed by atoms with Crippen LogP contribution in [0.15, 0.2) is 97.1 Å². The first kappa shape index (κ1) is 35.3. The van der Waals surface area contributed by atoms with Crippen molar-refractivity contribution < 1.29 is 24.3 Å². The van der Waals surface area contributed by atoms with E-state index in [1.54, 1.807) is 43.1 Å². The lowest BCUT2D eigenvalue weighted by Gasteiger charge is -2.39. The van der Waals surface area contributed by atoms with E-state index in [1.165, 1.54) is 5.56 Å². The molecule has 0 bridgehead atoms. The molecule has 0 spiro atoms. The normalized spacial score (nSPS) is 17.6. The molecular weight excluding hydrogens is 642 g/mol. The van der Waals surface area contributed by atoms with Gasteiger partial charge in [-0.05, 0) is 90.9 Å². The van der Waals surface area contributed by atoms with Gasteiger partial charge in [0.05, 0.1) is 17.6 Å². The summed E-state index contributed by atoms with van der Waals surface area (Å²) in [4.78, 5) is 54.8. The number of benzene rings is 4. The van der Waals surface area contributed by atoms with E-state index in [4.69, 9.17) is 5.11 Å². The van der Waals surface area contributed by atoms with Crippen molar-refractivity contribution in [1.29, 1.82) is 0 Å². The Morgan fingerprint density at radius 1 is 0.843 bits per heavy atom. The van der Waals surface area contributed by atoms with Crippen molar-refractivity contribution in [1.82, 2.24) is 20.9 Å². The second-order valence-corrected chi connectivity index (χ2v) is 13.4. The minimum atomic E-state index is -0.965. The van der Waals surface area contributed by atoms with Gasteiger partial charge in [0, 0.05) is 31.6 Å². The number of hydrogen-bond acceptors (Lipinski definition) is 6. The third-order valence-corrected chi connectivity index (χ3v) is 10.1. The molecule has 4 aromatic carbocycles. The van der Waals surface area contributed by atoms with Crippen LogP contribution in [0.3, 0.4) is 0 Å². The molecule has 1 aliphatic heterocycles. The Kier molecular flexibility index (Phi) is 11.1. The van der Waals surface area contributed by atoms with Crippen LogP contribution in [0.1, 0.15) is 69.5 Å². The fourth-order valence-corrected chi connectivity index (χ4v) is 6.95. The van der Waals surface area contributed by atoms with Gasteiger partial charge in [0.25, 0.3) is 0 Å². The van der Waals surface area contributed by atoms with E-state index in [0.717, 1.165) is 52.8 Å². The molecule has 4 atom stereocenters. The summed E-state index contributed by atoms with van der Waals surface area (Å²) < 4.78 is 0. The van der Waals surface area contributed by atoms with Crippen LogP contribution in [0.4, 0.5) is 5.69 Å². The van der Waals surface area contributed by atoms with Crippen LogP contribution in [-0.2, 0) is 46.7 Å². The lowest BCUT2D eigenvalue weighted by Crippen LogP contribution is -2.59. The fourth-order valence-electron chi connectivity index (χ4n) is 6.95. The third-order valence-electron chi connectivity index (χ3n) is 10.1. The minimum absolute atomic E-state index is 0.125. The summed E-state index contributed by atoms with van der Waals surface area (Å²) in [5, 5.41) is 21.7. The van der Waals surface area contributed by atoms with Crippen LogP contribution in [0.25, 0.3) is 0 Å². The Bertz CT molecular complexity index is 1880. The van der Waals surface area contributed by atoms with Crippen molar-refractivity contribution in [3.05, 3.63) is 136 Å². The number of rotatable bonds is 12. The number of hydrogen-bond donors (Lipinski definition) is 5. The molecule has 2 aliphatic rings. The molecule has 10 heteroatoms. The Balaban J connectivity index is 1.21. The number of amides is 3. The number of anilines is 1. The SMILES string of the molecule is CNC(C)C(=O)NC(Cc1ccc(NCc2ccc(C(=O)O)cc2)cc1)C(=O)N1Cc2ccccc2CC1C(=O)NC1CCCc2ccccc21. The van der Waals surface area contributed by atoms with Gasteiger partial charge < -0.3 is 31.3 Å². The van der Waals surface area contributed by atoms with Crippen molar-refractivity contribution in [3.8, 4) is 0 Å². The van der Waals surface area contributed by atoms with E-state index in [-0.39, 0.29) is 42.3 Å². The number of nitrogens with zero attached hydrogens (tertiary/aromatic N) is 1. The number of aryl methyl sites for hydroxylation is 1. The molecule has 4 aromatic rings. The maximum absolute atomic E-state index is 14.6. The largest absolute Gasteiger partial charge is 0.478 e. The first-order chi connectivity index (χ1) is 24.7. The average molecular weight is 688 g/mol. The Morgan fingerprint density at radius 2 is 1.51 bits per heavy atom. The van der Waals surface area contributed by atoms with Crippen LogP contribution < -0.4 is 21.3 Å². The number of fused-ring (bicyclic) bond motifs is 2. The van der Waals surface area contributed by atoms with E-state index in [1.807, 2.05) is 60.7 Å². The number of carboxylic acid groups (broad SMARTS) is 1. The average Bonchev–Trinajstić information content (AvgIpc) is 3.16. The molecule has 10 nitrogen and oxygen atoms in total. The molecule has 4 unspecified atom stereocenters. The van der Waals surface area contributed by atoms with Gasteiger partial charge in [-0.1, -0.05) is 72.8 Å². The summed E-state index contributed by atoms with van der Waals surface area (Å²) in [6.07, 6.45) is 3.41. The second-order valence-electron chi connectivity index (χ2n) is 13.4. The first-order valence-electron chi connectivity index (χ1n) is 17.6. The number of aromatic carboxylic acids is 1. The van der Waals surface area contributed by atoms with Gasteiger partial charge in [-0.3, -0.25) is 14.4 Å². The van der Waals surface area contributed by atoms with Crippen LogP contribution in [-0.4, -0.2) is 58.9 Å². The van der Waals surface area contributed by atoms with Gasteiger partial charge in [-0.25, -0.2) is 4.79 Å². The van der Waals surface area contributed by atoms with Gasteiger partial charge in [-0.2, -0.15) is 0 Å². The second kappa shape index (κ2) is 16.0. The summed E-state index contributed by atoms with van der Waals surface area (Å²) in [7, 11) is 1.69. The van der Waals surface area contributed by atoms with Gasteiger partial charge in [0.2, 0.25) is 17.7 Å². The molecule has 5 N–H and O–H groups in total. The molecule has 1 heterocycles. The Labute approximate surface area is 298 Å². The molecule has 0 saturated carbocycles. The third kappa shape index (κ3) is 8.46. The molecule has 1 aliphatic carbocycles. The van der Waals surface area contributed by atoms with Crippen molar-refractivity contribution in [3.63, 3.8) is 0 Å². The maximum Gasteiger partial charge on any atom is 0.335 e. The van der Waals surface area contributed by atoms with E-state index in [0.29, 0.717) is 13.0 Å². The highest BCUT2D eigenvalue weighted by atomic mass is 16.4. The molecule has 0 fully saturated rings. The highest BCUT2D eigenvalue weighted by Crippen LogP contribution is 2.31. The van der Waals surface area contributed by atoms with Crippen LogP contribution in [0.2, 0.25) is 0 Å². The minimum Gasteiger partial charge on any atom is -0.478 e. The number of likely N-dealkylation sites (N-methyl/N-ethyl adjacent to an activating group) is 1. The summed E-state index contributed by atoms with van der Waals surface area (Å²) >= 11 is 0. The molecule has 264 valence electrons. The molecule has 0 saturated heterocycles. The van der Waals surface area contributed by atoms with Gasteiger partial charge >= 0.3 is 5.97 Å². The smallest absolute Gasteiger partial charge is 0.335 e. The predicted molar refractivity (Wildman–Crippen MR) is 196 cm³/mol. The fraction of sp³-hybridized carbons (Fsp3) is 0.317. The predicted octanol–water partition coefficient (Wildman–Crippen LogP) is 4.78. The zero-order valence-corrected chi connectivity index (χ0v) is 29.0. The van der Waals surface area contributed by atoms with Crippen LogP contribution in [0.5, 0.6) is 0 Å². The van der Waals surface area contributed by atoms with Crippen molar-refractivity contribution >= 4 is 29.4 Å². The number of carbonyl (C=O) groups is 4. The topological polar surface area (TPSA) is 140 Å². The zero-order valence-electron chi connectivity index (χ0n) is 29.0. The lowest BCUT2D eigenvalue weighted by molar-refractivity contribution is -0.145. The molecule has 51 heavy (non-hydrogen) atoms. The number of carboxylic acids is 1. The first-order valence-corrected chi connectivity index (χ1v) is 17.6. The number of carbonyl (C=O) groups excluding carboxylic acids is 3. The monoisotopic (exact) mass is 687 g/mol. The van der Waals surface area contributed by atoms with Crippen molar-refractivity contribution in [2.24, 2.45) is 0 Å². The van der Waals surface area contributed by atoms with E-state index in [9.17, 15) is 19.2 Å². The zero-order chi connectivity index (χ0) is 35.9. The molecular formula is C41H45N5O5. The summed E-state index contributed by atoms with van der Waals surface area (Å²) in [5.74, 6) is -1.77. The highest BCUT2D eigenvalue weighted by molar-refractivity contribution is 5.94. The van der Waals surface area contributed by atoms with Crippen LogP contribution in [0, 0.1) is 0 Å². The molecule has 0 radical (unpaired) electrons. The van der Waals surface area contributed by atoms with Gasteiger partial charge in [-0.15, -0.1) is 0 Å². The standard InChI is InChI=1S/C41H45N5O5/c1-26(42-2)38(47)45-36(22-27-16-20-33(21-17-27)43-24-28-14-18-30(19-15-28)41(50)51)40(49)46-25-32-10-4-3-9-31(32)23-37(46)39(48)44-35-13-7-11-29-8-5-6-12-34(29)35/h3-6,8-10,12,14-21,26,35-37,42-43H,7,11,13,22-25H2,1-2H3,(H,44,48)(H,45,47)(H,50,51). The quantitative estimate of drug-likeness (QED) is 0.145. The summed E-state index contributed by atoms with van der Waals surface area (Å²) in [5.41, 5.74) is 7.27. The van der Waals surface area contributed by atoms with E-state index in [2.05, 4.69) is 33.4 Å². The lowest BCUT2D eigenvalue weighted by atomic mass is 9.87. The van der Waals surface area contributed by atoms with Gasteiger partial charge in [0.15, 0.2) is 0 Å². The Hall–Kier alpha value is -5.48. The van der Waals surface area contributed by atoms with Gasteiger partial charge in [0.1, 0.15) is 12.1 Å². The Morgan fingerprint density at radius 3 is 2.22 bits per heavy atom. The van der Waals surface area contributed by atoms with E-state index < -0.39 is 24.1 Å². The van der Waals surface area contributed by atoms with E-state index >= 15 is 0 Å². The number of nitrogens with one attached hydrogen (secondary N) is 4.